The number of carbonyl (C=O) groups excluding carboxylic acids is 1. The predicted molar refractivity (Wildman–Crippen MR) is 157 cm³/mol. The summed E-state index contributed by atoms with van der Waals surface area (Å²) in [5.74, 6) is 2.37. The molecular weight excluding hydrogens is 488 g/mol. The van der Waals surface area contributed by atoms with Gasteiger partial charge in [0.2, 0.25) is 0 Å². The molecule has 3 heterocycles. The molecule has 2 aromatic carbocycles. The maximum absolute atomic E-state index is 12.9. The molecule has 3 aromatic rings. The molecule has 2 amide bonds. The fourth-order valence-electron chi connectivity index (χ4n) is 5.60. The molecule has 0 bridgehead atoms. The van der Waals surface area contributed by atoms with E-state index in [2.05, 4.69) is 69.3 Å². The Kier molecular flexibility index (Phi) is 8.61. The first-order chi connectivity index (χ1) is 19.0. The molecule has 1 N–H and O–H groups in total. The van der Waals surface area contributed by atoms with Crippen LogP contribution in [0.1, 0.15) is 45.1 Å². The van der Waals surface area contributed by atoms with E-state index in [4.69, 9.17) is 4.74 Å². The highest BCUT2D eigenvalue weighted by molar-refractivity contribution is 5.90. The van der Waals surface area contributed by atoms with Gasteiger partial charge in [0.15, 0.2) is 0 Å². The fraction of sp³-hybridized carbons (Fsp3) is 0.452. The number of amides is 2. The molecule has 206 valence electrons. The summed E-state index contributed by atoms with van der Waals surface area (Å²) < 4.78 is 6.03. The van der Waals surface area contributed by atoms with Gasteiger partial charge >= 0.3 is 6.03 Å². The Morgan fingerprint density at radius 2 is 1.69 bits per heavy atom. The maximum atomic E-state index is 12.9. The van der Waals surface area contributed by atoms with Crippen molar-refractivity contribution in [3.63, 3.8) is 0 Å². The van der Waals surface area contributed by atoms with Gasteiger partial charge in [0.25, 0.3) is 0 Å². The summed E-state index contributed by atoms with van der Waals surface area (Å²) in [5, 5.41) is 3.06. The van der Waals surface area contributed by atoms with Gasteiger partial charge in [0, 0.05) is 50.3 Å². The van der Waals surface area contributed by atoms with Crippen LogP contribution in [0.15, 0.2) is 61.1 Å². The molecule has 0 aliphatic carbocycles. The van der Waals surface area contributed by atoms with Crippen LogP contribution < -0.4 is 15.0 Å². The number of piperidine rings is 1. The molecule has 0 atom stereocenters. The Morgan fingerprint density at radius 1 is 0.974 bits per heavy atom. The number of nitrogens with one attached hydrogen (secondary N) is 1. The number of hydrogen-bond donors (Lipinski definition) is 1. The second kappa shape index (κ2) is 12.5. The zero-order valence-corrected chi connectivity index (χ0v) is 23.3. The first-order valence-corrected chi connectivity index (χ1v) is 14.2. The number of benzene rings is 2. The number of carbonyl (C=O) groups is 1. The lowest BCUT2D eigenvalue weighted by Crippen LogP contribution is -2.50. The summed E-state index contributed by atoms with van der Waals surface area (Å²) >= 11 is 0. The topological polar surface area (TPSA) is 73.8 Å². The SMILES string of the molecule is CCOc1ccc(-c2ccc(NC(=O)N3CCN(c4cnccn4)CC3)cc2)cc1C1CCN(C(C)C)CC1. The Hall–Kier alpha value is -3.65. The summed E-state index contributed by atoms with van der Waals surface area (Å²) in [7, 11) is 0. The van der Waals surface area contributed by atoms with E-state index in [0.717, 1.165) is 61.8 Å². The number of anilines is 2. The largest absolute Gasteiger partial charge is 0.494 e. The summed E-state index contributed by atoms with van der Waals surface area (Å²) in [6, 6.07) is 15.2. The third-order valence-corrected chi connectivity index (χ3v) is 7.92. The van der Waals surface area contributed by atoms with Crippen LogP contribution in [0.5, 0.6) is 5.75 Å². The van der Waals surface area contributed by atoms with E-state index in [9.17, 15) is 4.79 Å². The monoisotopic (exact) mass is 528 g/mol. The van der Waals surface area contributed by atoms with E-state index in [1.165, 1.54) is 11.1 Å². The Morgan fingerprint density at radius 3 is 2.33 bits per heavy atom. The third kappa shape index (κ3) is 6.50. The summed E-state index contributed by atoms with van der Waals surface area (Å²) in [5.41, 5.74) is 4.43. The Bertz CT molecular complexity index is 1220. The van der Waals surface area contributed by atoms with Crippen LogP contribution in [0.3, 0.4) is 0 Å². The smallest absolute Gasteiger partial charge is 0.321 e. The highest BCUT2D eigenvalue weighted by Gasteiger charge is 2.25. The van der Waals surface area contributed by atoms with Gasteiger partial charge in [-0.15, -0.1) is 0 Å². The number of aromatic nitrogens is 2. The second-order valence-corrected chi connectivity index (χ2v) is 10.6. The second-order valence-electron chi connectivity index (χ2n) is 10.6. The van der Waals surface area contributed by atoms with Gasteiger partial charge in [-0.3, -0.25) is 4.98 Å². The maximum Gasteiger partial charge on any atom is 0.321 e. The standard InChI is InChI=1S/C31H40N6O2/c1-4-39-29-10-7-26(21-28(29)25-11-15-35(16-12-25)23(2)3)24-5-8-27(9-6-24)34-31(38)37-19-17-36(18-20-37)30-22-32-13-14-33-30/h5-10,13-14,21-23,25H,4,11-12,15-20H2,1-3H3,(H,34,38). The molecule has 1 aromatic heterocycles. The van der Waals surface area contributed by atoms with Gasteiger partial charge in [-0.25, -0.2) is 9.78 Å². The van der Waals surface area contributed by atoms with Crippen LogP contribution >= 0.6 is 0 Å². The highest BCUT2D eigenvalue weighted by Crippen LogP contribution is 2.37. The predicted octanol–water partition coefficient (Wildman–Crippen LogP) is 5.48. The van der Waals surface area contributed by atoms with Gasteiger partial charge in [-0.05, 0) is 93.6 Å². The molecule has 0 spiro atoms. The molecule has 0 unspecified atom stereocenters. The molecule has 0 saturated carbocycles. The third-order valence-electron chi connectivity index (χ3n) is 7.92. The lowest BCUT2D eigenvalue weighted by molar-refractivity contribution is 0.170. The number of ether oxygens (including phenoxy) is 1. The first-order valence-electron chi connectivity index (χ1n) is 14.2. The number of likely N-dealkylation sites (tertiary alicyclic amines) is 1. The quantitative estimate of drug-likeness (QED) is 0.438. The van der Waals surface area contributed by atoms with Crippen molar-refractivity contribution in [3.05, 3.63) is 66.6 Å². The van der Waals surface area contributed by atoms with Crippen LogP contribution in [-0.2, 0) is 0 Å². The van der Waals surface area contributed by atoms with Crippen LogP contribution in [-0.4, -0.2) is 77.7 Å². The average Bonchev–Trinajstić information content (AvgIpc) is 2.98. The van der Waals surface area contributed by atoms with Gasteiger partial charge < -0.3 is 24.8 Å². The Labute approximate surface area is 232 Å². The molecule has 5 rings (SSSR count). The molecule has 2 aliphatic heterocycles. The zero-order valence-electron chi connectivity index (χ0n) is 23.3. The molecule has 8 heteroatoms. The lowest BCUT2D eigenvalue weighted by atomic mass is 9.86. The summed E-state index contributed by atoms with van der Waals surface area (Å²) in [6.07, 6.45) is 7.44. The van der Waals surface area contributed by atoms with Crippen LogP contribution in [0.25, 0.3) is 11.1 Å². The summed E-state index contributed by atoms with van der Waals surface area (Å²) in [6.45, 7) is 12.3. The van der Waals surface area contributed by atoms with Crippen LogP contribution in [0, 0.1) is 0 Å². The lowest BCUT2D eigenvalue weighted by Gasteiger charge is -2.35. The van der Waals surface area contributed by atoms with E-state index in [1.54, 1.807) is 18.6 Å². The molecule has 8 nitrogen and oxygen atoms in total. The number of nitrogens with zero attached hydrogens (tertiary/aromatic N) is 5. The van der Waals surface area contributed by atoms with Gasteiger partial charge in [0.1, 0.15) is 11.6 Å². The normalized spacial score (nSPS) is 16.9. The molecule has 0 radical (unpaired) electrons. The van der Waals surface area contributed by atoms with E-state index in [0.29, 0.717) is 31.7 Å². The minimum atomic E-state index is -0.0716. The van der Waals surface area contributed by atoms with Crippen molar-refractivity contribution in [1.29, 1.82) is 0 Å². The van der Waals surface area contributed by atoms with Crippen molar-refractivity contribution < 1.29 is 9.53 Å². The van der Waals surface area contributed by atoms with E-state index in [1.807, 2.05) is 24.0 Å². The van der Waals surface area contributed by atoms with Gasteiger partial charge in [-0.1, -0.05) is 18.2 Å². The number of urea groups is 1. The van der Waals surface area contributed by atoms with E-state index in [-0.39, 0.29) is 6.03 Å². The minimum Gasteiger partial charge on any atom is -0.494 e. The van der Waals surface area contributed by atoms with Crippen molar-refractivity contribution in [2.45, 2.75) is 45.6 Å². The molecular formula is C31H40N6O2. The van der Waals surface area contributed by atoms with Crippen LogP contribution in [0.4, 0.5) is 16.3 Å². The van der Waals surface area contributed by atoms with Gasteiger partial charge in [-0.2, -0.15) is 0 Å². The number of piperazine rings is 1. The minimum absolute atomic E-state index is 0.0716. The van der Waals surface area contributed by atoms with Crippen molar-refractivity contribution >= 4 is 17.5 Å². The molecule has 2 saturated heterocycles. The van der Waals surface area contributed by atoms with E-state index < -0.39 is 0 Å². The van der Waals surface area contributed by atoms with Crippen molar-refractivity contribution in [3.8, 4) is 16.9 Å². The molecule has 2 aliphatic rings. The van der Waals surface area contributed by atoms with Crippen molar-refractivity contribution in [2.24, 2.45) is 0 Å². The number of hydrogen-bond acceptors (Lipinski definition) is 6. The van der Waals surface area contributed by atoms with Crippen molar-refractivity contribution in [2.75, 3.05) is 56.1 Å². The Balaban J connectivity index is 1.22. The molecule has 2 fully saturated rings. The summed E-state index contributed by atoms with van der Waals surface area (Å²) in [4.78, 5) is 28.0. The zero-order chi connectivity index (χ0) is 27.2. The van der Waals surface area contributed by atoms with Gasteiger partial charge in [0.05, 0.1) is 12.8 Å². The molecule has 39 heavy (non-hydrogen) atoms. The average molecular weight is 529 g/mol. The van der Waals surface area contributed by atoms with Crippen LogP contribution in [0.2, 0.25) is 0 Å². The van der Waals surface area contributed by atoms with Crippen molar-refractivity contribution in [1.82, 2.24) is 19.8 Å². The number of rotatable bonds is 7. The first kappa shape index (κ1) is 26.9. The fourth-order valence-corrected chi connectivity index (χ4v) is 5.60. The highest BCUT2D eigenvalue weighted by atomic mass is 16.5. The van der Waals surface area contributed by atoms with E-state index >= 15 is 0 Å².